The van der Waals surface area contributed by atoms with E-state index in [1.807, 2.05) is 22.6 Å². The van der Waals surface area contributed by atoms with E-state index in [1.54, 1.807) is 30.7 Å². The van der Waals surface area contributed by atoms with Gasteiger partial charge >= 0.3 is 0 Å². The highest BCUT2D eigenvalue weighted by Gasteiger charge is 2.31. The molecule has 0 radical (unpaired) electrons. The van der Waals surface area contributed by atoms with Gasteiger partial charge in [-0.25, -0.2) is 14.4 Å². The highest BCUT2D eigenvalue weighted by Crippen LogP contribution is 2.31. The second-order valence-electron chi connectivity index (χ2n) is 6.92. The van der Waals surface area contributed by atoms with Gasteiger partial charge in [0.15, 0.2) is 5.82 Å². The molecule has 0 saturated carbocycles. The van der Waals surface area contributed by atoms with Crippen molar-refractivity contribution < 1.29 is 9.18 Å². The average Bonchev–Trinajstić information content (AvgIpc) is 3.39. The fourth-order valence-corrected chi connectivity index (χ4v) is 3.70. The van der Waals surface area contributed by atoms with Gasteiger partial charge in [0.25, 0.3) is 0 Å². The molecule has 1 fully saturated rings. The van der Waals surface area contributed by atoms with E-state index in [9.17, 15) is 9.18 Å². The van der Waals surface area contributed by atoms with Crippen LogP contribution in [-0.2, 0) is 17.6 Å². The minimum Gasteiger partial charge on any atom is -0.334 e. The summed E-state index contributed by atoms with van der Waals surface area (Å²) < 4.78 is 15.0. The maximum Gasteiger partial charge on any atom is 0.227 e. The van der Waals surface area contributed by atoms with E-state index in [0.717, 1.165) is 36.3 Å². The van der Waals surface area contributed by atoms with Crippen LogP contribution in [0.4, 0.5) is 4.39 Å². The summed E-state index contributed by atoms with van der Waals surface area (Å²) in [6, 6.07) is 5.99. The first-order valence-electron chi connectivity index (χ1n) is 9.54. The molecule has 0 N–H and O–H groups in total. The lowest BCUT2D eigenvalue weighted by molar-refractivity contribution is -0.131. The molecule has 6 nitrogen and oxygen atoms in total. The molecule has 0 bridgehead atoms. The Morgan fingerprint density at radius 3 is 2.86 bits per heavy atom. The van der Waals surface area contributed by atoms with E-state index in [4.69, 9.17) is 4.98 Å². The molecule has 144 valence electrons. The van der Waals surface area contributed by atoms with Crippen molar-refractivity contribution in [2.75, 3.05) is 6.54 Å². The minimum absolute atomic E-state index is 0.0261. The zero-order valence-corrected chi connectivity index (χ0v) is 15.8. The molecule has 4 rings (SSSR count). The molecule has 3 heterocycles. The van der Waals surface area contributed by atoms with Gasteiger partial charge in [0.2, 0.25) is 5.91 Å². The Kier molecular flexibility index (Phi) is 5.14. The number of amides is 1. The topological polar surface area (TPSA) is 63.9 Å². The Labute approximate surface area is 163 Å². The number of halogens is 1. The number of hydrogen-bond donors (Lipinski definition) is 0. The molecule has 3 aromatic rings. The van der Waals surface area contributed by atoms with Crippen molar-refractivity contribution in [3.05, 3.63) is 72.0 Å². The zero-order valence-electron chi connectivity index (χ0n) is 15.8. The first-order valence-corrected chi connectivity index (χ1v) is 9.54. The normalized spacial score (nSPS) is 16.5. The lowest BCUT2D eigenvalue weighted by Gasteiger charge is -2.24. The van der Waals surface area contributed by atoms with Crippen LogP contribution in [0.3, 0.4) is 0 Å². The predicted molar refractivity (Wildman–Crippen MR) is 102 cm³/mol. The summed E-state index contributed by atoms with van der Waals surface area (Å²) >= 11 is 0. The minimum atomic E-state index is -0.298. The Balaban J connectivity index is 1.55. The Hall–Kier alpha value is -3.09. The van der Waals surface area contributed by atoms with Crippen molar-refractivity contribution >= 4 is 5.91 Å². The van der Waals surface area contributed by atoms with Gasteiger partial charge in [-0.15, -0.1) is 0 Å². The zero-order chi connectivity index (χ0) is 19.5. The van der Waals surface area contributed by atoms with Crippen LogP contribution < -0.4 is 0 Å². The van der Waals surface area contributed by atoms with Gasteiger partial charge in [-0.1, -0.05) is 19.1 Å². The molecule has 2 aromatic heterocycles. The third kappa shape index (κ3) is 3.65. The number of hydrogen-bond acceptors (Lipinski definition) is 4. The van der Waals surface area contributed by atoms with Crippen LogP contribution in [0, 0.1) is 5.82 Å². The van der Waals surface area contributed by atoms with Crippen molar-refractivity contribution in [3.63, 3.8) is 0 Å². The molecule has 0 aliphatic carbocycles. The van der Waals surface area contributed by atoms with Crippen LogP contribution in [-0.4, -0.2) is 36.9 Å². The van der Waals surface area contributed by atoms with Gasteiger partial charge in [-0.05, 0) is 30.5 Å². The third-order valence-corrected chi connectivity index (χ3v) is 5.10. The molecular weight excluding hydrogens is 357 g/mol. The summed E-state index contributed by atoms with van der Waals surface area (Å²) in [6.45, 7) is 2.74. The third-order valence-electron chi connectivity index (χ3n) is 5.10. The van der Waals surface area contributed by atoms with Crippen molar-refractivity contribution in [2.24, 2.45) is 0 Å². The lowest BCUT2D eigenvalue weighted by atomic mass is 10.1. The largest absolute Gasteiger partial charge is 0.334 e. The molecule has 0 spiro atoms. The highest BCUT2D eigenvalue weighted by atomic mass is 19.1. The molecule has 1 aliphatic rings. The van der Waals surface area contributed by atoms with E-state index in [1.165, 1.54) is 12.1 Å². The first kappa shape index (κ1) is 18.3. The van der Waals surface area contributed by atoms with Gasteiger partial charge in [-0.2, -0.15) is 0 Å². The maximum atomic E-state index is 13.1. The fraction of sp³-hybridized carbons (Fsp3) is 0.333. The number of likely N-dealkylation sites (tertiary alicyclic amines) is 1. The Morgan fingerprint density at radius 1 is 1.25 bits per heavy atom. The quantitative estimate of drug-likeness (QED) is 0.683. The van der Waals surface area contributed by atoms with Crippen molar-refractivity contribution in [1.29, 1.82) is 0 Å². The second-order valence-corrected chi connectivity index (χ2v) is 6.92. The molecule has 28 heavy (non-hydrogen) atoms. The van der Waals surface area contributed by atoms with E-state index >= 15 is 0 Å². The lowest BCUT2D eigenvalue weighted by Crippen LogP contribution is -2.32. The van der Waals surface area contributed by atoms with Crippen molar-refractivity contribution in [2.45, 2.75) is 38.6 Å². The Morgan fingerprint density at radius 2 is 2.07 bits per heavy atom. The number of benzene rings is 1. The second kappa shape index (κ2) is 7.88. The number of carbonyl (C=O) groups excluding carboxylic acids is 1. The highest BCUT2D eigenvalue weighted by molar-refractivity contribution is 5.79. The number of carbonyl (C=O) groups is 1. The summed E-state index contributed by atoms with van der Waals surface area (Å²) in [6.07, 6.45) is 9.91. The number of nitrogens with zero attached hydrogens (tertiary/aromatic N) is 5. The number of aromatic nitrogens is 4. The van der Waals surface area contributed by atoms with Crippen LogP contribution >= 0.6 is 0 Å². The van der Waals surface area contributed by atoms with E-state index < -0.39 is 0 Å². The molecule has 7 heteroatoms. The van der Waals surface area contributed by atoms with E-state index in [-0.39, 0.29) is 24.2 Å². The fourth-order valence-electron chi connectivity index (χ4n) is 3.70. The molecular formula is C21H22FN5O. The van der Waals surface area contributed by atoms with Crippen LogP contribution in [0.5, 0.6) is 0 Å². The monoisotopic (exact) mass is 379 g/mol. The van der Waals surface area contributed by atoms with Crippen LogP contribution in [0.15, 0.2) is 49.1 Å². The standard InChI is InChI=1S/C21H22FN5O/c1-2-19-24-9-11-27(19)20-14-23-13-17(25-20)18-4-3-10-26(18)21(28)12-15-5-7-16(22)8-6-15/h5-9,11,13-14,18H,2-4,10,12H2,1H3/t18-/m0/s1. The number of imidazole rings is 1. The first-order chi connectivity index (χ1) is 13.7. The molecule has 1 aliphatic heterocycles. The average molecular weight is 379 g/mol. The van der Waals surface area contributed by atoms with Crippen LogP contribution in [0.2, 0.25) is 0 Å². The van der Waals surface area contributed by atoms with Crippen molar-refractivity contribution in [1.82, 2.24) is 24.4 Å². The number of rotatable bonds is 5. The number of aryl methyl sites for hydroxylation is 1. The summed E-state index contributed by atoms with van der Waals surface area (Å²) in [5.41, 5.74) is 1.60. The molecule has 0 unspecified atom stereocenters. The molecule has 1 saturated heterocycles. The molecule has 1 atom stereocenters. The summed E-state index contributed by atoms with van der Waals surface area (Å²) in [5.74, 6) is 1.36. The van der Waals surface area contributed by atoms with Gasteiger partial charge < -0.3 is 4.90 Å². The van der Waals surface area contributed by atoms with Crippen LogP contribution in [0.1, 0.15) is 42.9 Å². The van der Waals surface area contributed by atoms with Gasteiger partial charge in [0.1, 0.15) is 11.6 Å². The van der Waals surface area contributed by atoms with Crippen LogP contribution in [0.25, 0.3) is 5.82 Å². The summed E-state index contributed by atoms with van der Waals surface area (Å²) in [5, 5.41) is 0. The summed E-state index contributed by atoms with van der Waals surface area (Å²) in [7, 11) is 0. The van der Waals surface area contributed by atoms with Crippen molar-refractivity contribution in [3.8, 4) is 5.82 Å². The van der Waals surface area contributed by atoms with E-state index in [0.29, 0.717) is 12.4 Å². The maximum absolute atomic E-state index is 13.1. The van der Waals surface area contributed by atoms with Gasteiger partial charge in [0.05, 0.1) is 30.6 Å². The van der Waals surface area contributed by atoms with Gasteiger partial charge in [0, 0.05) is 25.4 Å². The molecule has 1 amide bonds. The van der Waals surface area contributed by atoms with E-state index in [2.05, 4.69) is 9.97 Å². The Bertz CT molecular complexity index is 969. The molecule has 1 aromatic carbocycles. The smallest absolute Gasteiger partial charge is 0.227 e. The van der Waals surface area contributed by atoms with Gasteiger partial charge in [-0.3, -0.25) is 14.3 Å². The summed E-state index contributed by atoms with van der Waals surface area (Å²) in [4.78, 5) is 28.2. The SMILES string of the molecule is CCc1nccn1-c1cncc([C@@H]2CCCN2C(=O)Cc2ccc(F)cc2)n1. The predicted octanol–water partition coefficient (Wildman–Crippen LogP) is 3.27.